The second-order valence-electron chi connectivity index (χ2n) is 4.93. The maximum Gasteiger partial charge on any atom is 0.253 e. The van der Waals surface area contributed by atoms with E-state index >= 15 is 0 Å². The number of sulfonamides is 1. The second kappa shape index (κ2) is 6.11. The van der Waals surface area contributed by atoms with Crippen molar-refractivity contribution < 1.29 is 13.2 Å². The molecule has 1 fully saturated rings. The van der Waals surface area contributed by atoms with Crippen molar-refractivity contribution in [2.45, 2.75) is 30.6 Å². The highest BCUT2D eigenvalue weighted by atomic mass is 35.5. The highest BCUT2D eigenvalue weighted by molar-refractivity contribution is 7.89. The minimum atomic E-state index is -3.87. The SMILES string of the molecule is NS(=O)(=O)c1cc(Cl)cc(C(=O)N2CCCCCC2)c1. The molecular formula is C13H17ClN2O3S. The first kappa shape index (κ1) is 15.3. The molecule has 2 N–H and O–H groups in total. The van der Waals surface area contributed by atoms with Crippen LogP contribution in [0.25, 0.3) is 0 Å². The molecule has 7 heteroatoms. The number of amides is 1. The standard InChI is InChI=1S/C13H17ClN2O3S/c14-11-7-10(8-12(9-11)20(15,18)19)13(17)16-5-3-1-2-4-6-16/h7-9H,1-6H2,(H2,15,18,19). The van der Waals surface area contributed by atoms with Crippen molar-refractivity contribution in [1.82, 2.24) is 4.90 Å². The predicted molar refractivity (Wildman–Crippen MR) is 77.2 cm³/mol. The summed E-state index contributed by atoms with van der Waals surface area (Å²) in [6.07, 6.45) is 4.16. The third-order valence-corrected chi connectivity index (χ3v) is 4.45. The second-order valence-corrected chi connectivity index (χ2v) is 6.92. The monoisotopic (exact) mass is 316 g/mol. The number of carbonyl (C=O) groups is 1. The number of halogens is 1. The lowest BCUT2D eigenvalue weighted by Crippen LogP contribution is -2.32. The lowest BCUT2D eigenvalue weighted by molar-refractivity contribution is 0.0761. The normalized spacial score (nSPS) is 16.8. The Morgan fingerprint density at radius 3 is 2.25 bits per heavy atom. The summed E-state index contributed by atoms with van der Waals surface area (Å²) >= 11 is 5.88. The molecule has 1 aromatic rings. The zero-order valence-corrected chi connectivity index (χ0v) is 12.6. The van der Waals surface area contributed by atoms with Crippen LogP contribution in [0.3, 0.4) is 0 Å². The Morgan fingerprint density at radius 1 is 1.10 bits per heavy atom. The maximum atomic E-state index is 12.4. The van der Waals surface area contributed by atoms with Crippen molar-refractivity contribution in [1.29, 1.82) is 0 Å². The average Bonchev–Trinajstić information content (AvgIpc) is 2.65. The molecule has 5 nitrogen and oxygen atoms in total. The summed E-state index contributed by atoms with van der Waals surface area (Å²) in [6, 6.07) is 4.01. The van der Waals surface area contributed by atoms with E-state index in [0.29, 0.717) is 13.1 Å². The molecule has 0 saturated carbocycles. The smallest absolute Gasteiger partial charge is 0.253 e. The summed E-state index contributed by atoms with van der Waals surface area (Å²) < 4.78 is 22.8. The van der Waals surface area contributed by atoms with Crippen LogP contribution in [0.15, 0.2) is 23.1 Å². The first-order valence-corrected chi connectivity index (χ1v) is 8.43. The van der Waals surface area contributed by atoms with E-state index in [4.69, 9.17) is 16.7 Å². The third kappa shape index (κ3) is 3.71. The van der Waals surface area contributed by atoms with E-state index in [0.717, 1.165) is 25.7 Å². The van der Waals surface area contributed by atoms with Crippen LogP contribution in [0.4, 0.5) is 0 Å². The molecule has 0 unspecified atom stereocenters. The van der Waals surface area contributed by atoms with Gasteiger partial charge in [-0.05, 0) is 31.0 Å². The Hall–Kier alpha value is -1.11. The Balaban J connectivity index is 2.32. The van der Waals surface area contributed by atoms with Gasteiger partial charge >= 0.3 is 0 Å². The molecule has 0 atom stereocenters. The Labute approximate surface area is 123 Å². The van der Waals surface area contributed by atoms with Gasteiger partial charge in [-0.1, -0.05) is 24.4 Å². The highest BCUT2D eigenvalue weighted by Crippen LogP contribution is 2.20. The van der Waals surface area contributed by atoms with Crippen LogP contribution in [0.5, 0.6) is 0 Å². The molecule has 110 valence electrons. The van der Waals surface area contributed by atoms with E-state index in [9.17, 15) is 13.2 Å². The number of nitrogens with zero attached hydrogens (tertiary/aromatic N) is 1. The fourth-order valence-corrected chi connectivity index (χ4v) is 3.19. The van der Waals surface area contributed by atoms with E-state index in [1.807, 2.05) is 0 Å². The van der Waals surface area contributed by atoms with Crippen LogP contribution in [0.1, 0.15) is 36.0 Å². The van der Waals surface area contributed by atoms with Crippen LogP contribution in [-0.2, 0) is 10.0 Å². The molecule has 0 aliphatic carbocycles. The van der Waals surface area contributed by atoms with Gasteiger partial charge < -0.3 is 4.90 Å². The molecule has 1 aliphatic heterocycles. The van der Waals surface area contributed by atoms with Crippen molar-refractivity contribution in [2.24, 2.45) is 5.14 Å². The number of rotatable bonds is 2. The molecule has 0 radical (unpaired) electrons. The van der Waals surface area contributed by atoms with Gasteiger partial charge in [-0.2, -0.15) is 0 Å². The zero-order valence-electron chi connectivity index (χ0n) is 11.0. The minimum Gasteiger partial charge on any atom is -0.339 e. The topological polar surface area (TPSA) is 80.5 Å². The summed E-state index contributed by atoms with van der Waals surface area (Å²) in [6.45, 7) is 1.38. The van der Waals surface area contributed by atoms with Gasteiger partial charge in [-0.15, -0.1) is 0 Å². The van der Waals surface area contributed by atoms with Gasteiger partial charge in [0.1, 0.15) is 0 Å². The van der Waals surface area contributed by atoms with E-state index in [1.165, 1.54) is 18.2 Å². The summed E-state index contributed by atoms with van der Waals surface area (Å²) in [5, 5.41) is 5.28. The molecule has 1 heterocycles. The number of benzene rings is 1. The molecule has 0 bridgehead atoms. The van der Waals surface area contributed by atoms with Gasteiger partial charge in [0.15, 0.2) is 0 Å². The highest BCUT2D eigenvalue weighted by Gasteiger charge is 2.20. The Morgan fingerprint density at radius 2 is 1.70 bits per heavy atom. The number of carbonyl (C=O) groups excluding carboxylic acids is 1. The van der Waals surface area contributed by atoms with Crippen molar-refractivity contribution in [2.75, 3.05) is 13.1 Å². The summed E-state index contributed by atoms with van der Waals surface area (Å²) in [4.78, 5) is 14.0. The molecule has 2 rings (SSSR count). The summed E-state index contributed by atoms with van der Waals surface area (Å²) in [7, 11) is -3.87. The fraction of sp³-hybridized carbons (Fsp3) is 0.462. The first-order valence-electron chi connectivity index (χ1n) is 6.50. The van der Waals surface area contributed by atoms with Crippen LogP contribution in [-0.4, -0.2) is 32.3 Å². The number of nitrogens with two attached hydrogens (primary N) is 1. The number of likely N-dealkylation sites (tertiary alicyclic amines) is 1. The summed E-state index contributed by atoms with van der Waals surface area (Å²) in [5.41, 5.74) is 0.267. The molecule has 20 heavy (non-hydrogen) atoms. The molecule has 1 saturated heterocycles. The maximum absolute atomic E-state index is 12.4. The van der Waals surface area contributed by atoms with E-state index in [1.54, 1.807) is 4.90 Å². The zero-order chi connectivity index (χ0) is 14.8. The molecule has 0 aromatic heterocycles. The van der Waals surface area contributed by atoms with Crippen molar-refractivity contribution in [3.05, 3.63) is 28.8 Å². The van der Waals surface area contributed by atoms with Gasteiger partial charge in [-0.25, -0.2) is 13.6 Å². The van der Waals surface area contributed by atoms with E-state index < -0.39 is 10.0 Å². The van der Waals surface area contributed by atoms with Gasteiger partial charge in [0.25, 0.3) is 5.91 Å². The molecular weight excluding hydrogens is 300 g/mol. The number of hydrogen-bond donors (Lipinski definition) is 1. The average molecular weight is 317 g/mol. The fourth-order valence-electron chi connectivity index (χ4n) is 2.31. The largest absolute Gasteiger partial charge is 0.339 e. The van der Waals surface area contributed by atoms with E-state index in [2.05, 4.69) is 0 Å². The van der Waals surface area contributed by atoms with Crippen molar-refractivity contribution in [3.8, 4) is 0 Å². The third-order valence-electron chi connectivity index (χ3n) is 3.34. The number of primary sulfonamides is 1. The van der Waals surface area contributed by atoms with Crippen molar-refractivity contribution in [3.63, 3.8) is 0 Å². The summed E-state index contributed by atoms with van der Waals surface area (Å²) in [5.74, 6) is -0.195. The molecule has 1 aromatic carbocycles. The van der Waals surface area contributed by atoms with E-state index in [-0.39, 0.29) is 21.4 Å². The Kier molecular flexibility index (Phi) is 4.67. The van der Waals surface area contributed by atoms with Crippen LogP contribution in [0.2, 0.25) is 5.02 Å². The van der Waals surface area contributed by atoms with Gasteiger partial charge in [0, 0.05) is 23.7 Å². The van der Waals surface area contributed by atoms with Crippen molar-refractivity contribution >= 4 is 27.5 Å². The van der Waals surface area contributed by atoms with Crippen LogP contribution >= 0.6 is 11.6 Å². The molecule has 1 amide bonds. The van der Waals surface area contributed by atoms with Crippen LogP contribution in [0, 0.1) is 0 Å². The lowest BCUT2D eigenvalue weighted by Gasteiger charge is -2.20. The molecule has 0 spiro atoms. The Bertz CT molecular complexity index is 608. The van der Waals surface area contributed by atoms with Gasteiger partial charge in [0.2, 0.25) is 10.0 Å². The predicted octanol–water partition coefficient (Wildman–Crippen LogP) is 2.00. The quantitative estimate of drug-likeness (QED) is 0.906. The minimum absolute atomic E-state index is 0.136. The molecule has 1 aliphatic rings. The lowest BCUT2D eigenvalue weighted by atomic mass is 10.2. The van der Waals surface area contributed by atoms with Gasteiger partial charge in [-0.3, -0.25) is 4.79 Å². The first-order chi connectivity index (χ1) is 9.38. The van der Waals surface area contributed by atoms with Gasteiger partial charge in [0.05, 0.1) is 4.90 Å². The number of hydrogen-bond acceptors (Lipinski definition) is 3. The van der Waals surface area contributed by atoms with Crippen LogP contribution < -0.4 is 5.14 Å².